The fourth-order valence-electron chi connectivity index (χ4n) is 1.19. The number of carbonyl (C=O) groups excluding carboxylic acids is 1. The Morgan fingerprint density at radius 1 is 1.41 bits per heavy atom. The monoisotopic (exact) mass is 255 g/mol. The lowest BCUT2D eigenvalue weighted by Gasteiger charge is -2.04. The second-order valence-corrected chi connectivity index (χ2v) is 4.12. The third kappa shape index (κ3) is 2.65. The highest BCUT2D eigenvalue weighted by Gasteiger charge is 2.16. The van der Waals surface area contributed by atoms with Gasteiger partial charge in [-0.2, -0.15) is 0 Å². The topological polar surface area (TPSA) is 39.2 Å². The van der Waals surface area contributed by atoms with Gasteiger partial charge in [-0.15, -0.1) is 11.3 Å². The zero-order chi connectivity index (χ0) is 12.3. The van der Waals surface area contributed by atoms with Gasteiger partial charge in [0.05, 0.1) is 16.0 Å². The molecule has 3 nitrogen and oxygen atoms in total. The van der Waals surface area contributed by atoms with Crippen LogP contribution in [0.1, 0.15) is 15.2 Å². The summed E-state index contributed by atoms with van der Waals surface area (Å²) in [6.45, 7) is -0.000542. The Kier molecular flexibility index (Phi) is 3.43. The molecule has 17 heavy (non-hydrogen) atoms. The number of ether oxygens (including phenoxy) is 1. The molecule has 0 spiro atoms. The molecule has 0 radical (unpaired) electrons. The van der Waals surface area contributed by atoms with Gasteiger partial charge in [0.25, 0.3) is 0 Å². The second kappa shape index (κ2) is 5.01. The van der Waals surface area contributed by atoms with Crippen LogP contribution in [-0.2, 0) is 11.3 Å². The second-order valence-electron chi connectivity index (χ2n) is 3.15. The number of hydrogen-bond donors (Lipinski definition) is 0. The van der Waals surface area contributed by atoms with Gasteiger partial charge in [-0.25, -0.2) is 13.6 Å². The number of nitrogens with zero attached hydrogens (tertiary/aromatic N) is 1. The third-order valence-corrected chi connectivity index (χ3v) is 2.75. The predicted molar refractivity (Wildman–Crippen MR) is 57.6 cm³/mol. The summed E-state index contributed by atoms with van der Waals surface area (Å²) in [5.41, 5.74) is 1.18. The van der Waals surface area contributed by atoms with E-state index in [9.17, 15) is 13.6 Å². The summed E-state index contributed by atoms with van der Waals surface area (Å²) in [6, 6.07) is 3.37. The molecule has 1 aromatic carbocycles. The van der Waals surface area contributed by atoms with E-state index in [2.05, 4.69) is 4.98 Å². The summed E-state index contributed by atoms with van der Waals surface area (Å²) in [5.74, 6) is -3.16. The van der Waals surface area contributed by atoms with E-state index in [1.807, 2.05) is 0 Å². The number of thiazole rings is 1. The van der Waals surface area contributed by atoms with Crippen LogP contribution in [0.3, 0.4) is 0 Å². The molecule has 0 bridgehead atoms. The minimum absolute atomic E-state index is 0.000542. The maximum atomic E-state index is 13.2. The molecule has 0 fully saturated rings. The van der Waals surface area contributed by atoms with Crippen molar-refractivity contribution >= 4 is 17.3 Å². The summed E-state index contributed by atoms with van der Waals surface area (Å²) in [6.07, 6.45) is 1.54. The van der Waals surface area contributed by atoms with Crippen LogP contribution in [0.4, 0.5) is 8.78 Å². The molecule has 1 aromatic heterocycles. The van der Waals surface area contributed by atoms with Gasteiger partial charge in [0.2, 0.25) is 0 Å². The van der Waals surface area contributed by atoms with Crippen molar-refractivity contribution in [2.24, 2.45) is 0 Å². The molecule has 2 rings (SSSR count). The molecule has 0 saturated carbocycles. The standard InChI is InChI=1S/C11H7F2NO2S/c12-9-3-1-2-8(10(9)13)11(15)16-5-7-4-14-6-17-7/h1-4,6H,5H2. The Morgan fingerprint density at radius 3 is 2.94 bits per heavy atom. The zero-order valence-corrected chi connectivity index (χ0v) is 9.34. The van der Waals surface area contributed by atoms with Gasteiger partial charge in [0.1, 0.15) is 6.61 Å². The van der Waals surface area contributed by atoms with Crippen molar-refractivity contribution in [3.8, 4) is 0 Å². The maximum absolute atomic E-state index is 13.2. The molecule has 0 aliphatic carbocycles. The summed E-state index contributed by atoms with van der Waals surface area (Å²) >= 11 is 1.31. The van der Waals surface area contributed by atoms with Crippen LogP contribution in [-0.4, -0.2) is 11.0 Å². The smallest absolute Gasteiger partial charge is 0.341 e. The maximum Gasteiger partial charge on any atom is 0.341 e. The molecule has 0 saturated heterocycles. The van der Waals surface area contributed by atoms with E-state index >= 15 is 0 Å². The van der Waals surface area contributed by atoms with Gasteiger partial charge < -0.3 is 4.74 Å². The van der Waals surface area contributed by atoms with Gasteiger partial charge in [-0.05, 0) is 12.1 Å². The Hall–Kier alpha value is -1.82. The highest BCUT2D eigenvalue weighted by Crippen LogP contribution is 2.14. The first-order valence-electron chi connectivity index (χ1n) is 4.67. The number of esters is 1. The van der Waals surface area contributed by atoms with E-state index in [0.29, 0.717) is 0 Å². The molecule has 6 heteroatoms. The number of carbonyl (C=O) groups is 1. The number of rotatable bonds is 3. The van der Waals surface area contributed by atoms with E-state index in [1.54, 1.807) is 11.7 Å². The number of benzene rings is 1. The van der Waals surface area contributed by atoms with Crippen molar-refractivity contribution in [3.63, 3.8) is 0 Å². The predicted octanol–water partition coefficient (Wildman–Crippen LogP) is 2.78. The van der Waals surface area contributed by atoms with Crippen molar-refractivity contribution in [3.05, 3.63) is 52.0 Å². The van der Waals surface area contributed by atoms with Crippen molar-refractivity contribution in [2.75, 3.05) is 0 Å². The summed E-state index contributed by atoms with van der Waals surface area (Å²) < 4.78 is 30.9. The van der Waals surface area contributed by atoms with Gasteiger partial charge in [0.15, 0.2) is 11.6 Å². The summed E-state index contributed by atoms with van der Waals surface area (Å²) in [7, 11) is 0. The molecule has 0 N–H and O–H groups in total. The molecule has 88 valence electrons. The van der Waals surface area contributed by atoms with Gasteiger partial charge in [0, 0.05) is 6.20 Å². The normalized spacial score (nSPS) is 10.2. The largest absolute Gasteiger partial charge is 0.456 e. The van der Waals surface area contributed by atoms with E-state index in [0.717, 1.165) is 10.9 Å². The van der Waals surface area contributed by atoms with Crippen molar-refractivity contribution < 1.29 is 18.3 Å². The van der Waals surface area contributed by atoms with Gasteiger partial charge >= 0.3 is 5.97 Å². The molecule has 1 heterocycles. The van der Waals surface area contributed by atoms with Crippen LogP contribution in [0.15, 0.2) is 29.9 Å². The lowest BCUT2D eigenvalue weighted by molar-refractivity contribution is 0.0470. The Bertz CT molecular complexity index is 528. The first-order chi connectivity index (χ1) is 8.18. The quantitative estimate of drug-likeness (QED) is 0.792. The first-order valence-corrected chi connectivity index (χ1v) is 5.55. The first kappa shape index (κ1) is 11.7. The number of aromatic nitrogens is 1. The molecule has 0 unspecified atom stereocenters. The van der Waals surface area contributed by atoms with Crippen LogP contribution in [0, 0.1) is 11.6 Å². The highest BCUT2D eigenvalue weighted by atomic mass is 32.1. The number of hydrogen-bond acceptors (Lipinski definition) is 4. The Labute approximate surface area is 99.7 Å². The molecule has 0 amide bonds. The average molecular weight is 255 g/mol. The van der Waals surface area contributed by atoms with Crippen LogP contribution in [0.25, 0.3) is 0 Å². The van der Waals surface area contributed by atoms with E-state index in [1.165, 1.54) is 23.5 Å². The molecule has 0 aliphatic rings. The highest BCUT2D eigenvalue weighted by molar-refractivity contribution is 7.09. The van der Waals surface area contributed by atoms with Crippen molar-refractivity contribution in [1.29, 1.82) is 0 Å². The van der Waals surface area contributed by atoms with Gasteiger partial charge in [-0.3, -0.25) is 4.98 Å². The van der Waals surface area contributed by atoms with Gasteiger partial charge in [-0.1, -0.05) is 6.07 Å². The van der Waals surface area contributed by atoms with Crippen molar-refractivity contribution in [2.45, 2.75) is 6.61 Å². The van der Waals surface area contributed by atoms with E-state index < -0.39 is 23.2 Å². The molecular weight excluding hydrogens is 248 g/mol. The fraction of sp³-hybridized carbons (Fsp3) is 0.0909. The van der Waals surface area contributed by atoms with Crippen molar-refractivity contribution in [1.82, 2.24) is 4.98 Å². The number of halogens is 2. The third-order valence-electron chi connectivity index (χ3n) is 2.00. The van der Waals surface area contributed by atoms with Crippen LogP contribution >= 0.6 is 11.3 Å². The SMILES string of the molecule is O=C(OCc1cncs1)c1cccc(F)c1F. The Balaban J connectivity index is 2.07. The Morgan fingerprint density at radius 2 is 2.24 bits per heavy atom. The molecular formula is C11H7F2NO2S. The van der Waals surface area contributed by atoms with Crippen LogP contribution in [0.5, 0.6) is 0 Å². The fourth-order valence-corrected chi connectivity index (χ4v) is 1.70. The summed E-state index contributed by atoms with van der Waals surface area (Å²) in [4.78, 5) is 16.0. The molecule has 2 aromatic rings. The van der Waals surface area contributed by atoms with Crippen LogP contribution < -0.4 is 0 Å². The molecule has 0 atom stereocenters. The zero-order valence-electron chi connectivity index (χ0n) is 8.52. The summed E-state index contributed by atoms with van der Waals surface area (Å²) in [5, 5.41) is 0. The lowest BCUT2D eigenvalue weighted by atomic mass is 10.2. The minimum atomic E-state index is -1.19. The average Bonchev–Trinajstić information content (AvgIpc) is 2.82. The van der Waals surface area contributed by atoms with E-state index in [-0.39, 0.29) is 6.61 Å². The van der Waals surface area contributed by atoms with Crippen LogP contribution in [0.2, 0.25) is 0 Å². The minimum Gasteiger partial charge on any atom is -0.456 e. The van der Waals surface area contributed by atoms with E-state index in [4.69, 9.17) is 4.74 Å². The molecule has 0 aliphatic heterocycles. The lowest BCUT2D eigenvalue weighted by Crippen LogP contribution is -2.08.